The Kier molecular flexibility index (Phi) is 9.03. The Morgan fingerprint density at radius 1 is 1.00 bits per heavy atom. The van der Waals surface area contributed by atoms with Crippen LogP contribution < -0.4 is 0 Å². The molecule has 0 unspecified atom stereocenters. The topological polar surface area (TPSA) is 0 Å². The molecule has 0 radical (unpaired) electrons. The van der Waals surface area contributed by atoms with Gasteiger partial charge >= 0.3 is 0 Å². The Labute approximate surface area is 71.0 Å². The van der Waals surface area contributed by atoms with Crippen LogP contribution in [0, 0.1) is 0 Å². The molecule has 0 aliphatic heterocycles. The minimum atomic E-state index is 1.10. The standard InChI is InChI=1S/C11H20/c1-3-5-7-9-11-10-8-6-4-2/h3,5,9,11H,4,6-8,10H2,1-2H3/b5-3-,11-9+. The van der Waals surface area contributed by atoms with Crippen molar-refractivity contribution in [3.63, 3.8) is 0 Å². The van der Waals surface area contributed by atoms with E-state index in [1.54, 1.807) is 0 Å². The Hall–Kier alpha value is -0.520. The monoisotopic (exact) mass is 152 g/mol. The Balaban J connectivity index is 3.03. The van der Waals surface area contributed by atoms with Gasteiger partial charge in [0.25, 0.3) is 0 Å². The molecule has 0 aromatic heterocycles. The van der Waals surface area contributed by atoms with E-state index in [2.05, 4.69) is 38.2 Å². The van der Waals surface area contributed by atoms with Gasteiger partial charge in [-0.15, -0.1) is 0 Å². The summed E-state index contributed by atoms with van der Waals surface area (Å²) in [6, 6.07) is 0. The van der Waals surface area contributed by atoms with Crippen LogP contribution in [0.15, 0.2) is 24.3 Å². The fourth-order valence-electron chi connectivity index (χ4n) is 0.941. The first-order chi connectivity index (χ1) is 5.41. The van der Waals surface area contributed by atoms with E-state index in [0.717, 1.165) is 6.42 Å². The summed E-state index contributed by atoms with van der Waals surface area (Å²) < 4.78 is 0. The van der Waals surface area contributed by atoms with Gasteiger partial charge in [-0.05, 0) is 26.2 Å². The summed E-state index contributed by atoms with van der Waals surface area (Å²) in [5, 5.41) is 0. The molecule has 0 aliphatic rings. The number of hydrogen-bond acceptors (Lipinski definition) is 0. The van der Waals surface area contributed by atoms with Gasteiger partial charge in [0, 0.05) is 0 Å². The van der Waals surface area contributed by atoms with Crippen molar-refractivity contribution in [2.75, 3.05) is 0 Å². The van der Waals surface area contributed by atoms with Gasteiger partial charge in [-0.2, -0.15) is 0 Å². The number of allylic oxidation sites excluding steroid dienone is 4. The van der Waals surface area contributed by atoms with E-state index in [4.69, 9.17) is 0 Å². The summed E-state index contributed by atoms with van der Waals surface area (Å²) in [7, 11) is 0. The zero-order chi connectivity index (χ0) is 8.36. The normalized spacial score (nSPS) is 11.8. The van der Waals surface area contributed by atoms with Gasteiger partial charge in [-0.1, -0.05) is 44.1 Å². The van der Waals surface area contributed by atoms with Crippen LogP contribution in [0.25, 0.3) is 0 Å². The van der Waals surface area contributed by atoms with Crippen LogP contribution in [0.2, 0.25) is 0 Å². The first-order valence-electron chi connectivity index (χ1n) is 4.68. The largest absolute Gasteiger partial charge is 0.0914 e. The lowest BCUT2D eigenvalue weighted by Gasteiger charge is -1.90. The first kappa shape index (κ1) is 10.5. The highest BCUT2D eigenvalue weighted by molar-refractivity contribution is 4.90. The lowest BCUT2D eigenvalue weighted by Crippen LogP contribution is -1.70. The third-order valence-electron chi connectivity index (χ3n) is 1.65. The first-order valence-corrected chi connectivity index (χ1v) is 4.68. The second-order valence-electron chi connectivity index (χ2n) is 2.77. The molecule has 0 spiro atoms. The zero-order valence-corrected chi connectivity index (χ0v) is 7.84. The van der Waals surface area contributed by atoms with E-state index >= 15 is 0 Å². The van der Waals surface area contributed by atoms with Crippen LogP contribution in [0.5, 0.6) is 0 Å². The van der Waals surface area contributed by atoms with Gasteiger partial charge in [0.1, 0.15) is 0 Å². The van der Waals surface area contributed by atoms with Crippen LogP contribution in [0.4, 0.5) is 0 Å². The molecule has 0 amide bonds. The average molecular weight is 152 g/mol. The van der Waals surface area contributed by atoms with Crippen molar-refractivity contribution in [1.82, 2.24) is 0 Å². The third-order valence-corrected chi connectivity index (χ3v) is 1.65. The van der Waals surface area contributed by atoms with Crippen molar-refractivity contribution >= 4 is 0 Å². The quantitative estimate of drug-likeness (QED) is 0.397. The summed E-state index contributed by atoms with van der Waals surface area (Å²) in [5.74, 6) is 0. The molecule has 0 rings (SSSR count). The molecule has 0 aromatic rings. The molecule has 0 saturated carbocycles. The van der Waals surface area contributed by atoms with Gasteiger partial charge in [0.15, 0.2) is 0 Å². The summed E-state index contributed by atoms with van der Waals surface area (Å²) in [4.78, 5) is 0. The van der Waals surface area contributed by atoms with Crippen LogP contribution in [-0.4, -0.2) is 0 Å². The molecule has 0 heterocycles. The predicted octanol–water partition coefficient (Wildman–Crippen LogP) is 4.09. The number of unbranched alkanes of at least 4 members (excludes halogenated alkanes) is 3. The highest BCUT2D eigenvalue weighted by Gasteiger charge is 1.79. The second-order valence-corrected chi connectivity index (χ2v) is 2.77. The molecule has 64 valence electrons. The van der Waals surface area contributed by atoms with Crippen molar-refractivity contribution < 1.29 is 0 Å². The van der Waals surface area contributed by atoms with Crippen LogP contribution in [0.3, 0.4) is 0 Å². The molecule has 0 bridgehead atoms. The highest BCUT2D eigenvalue weighted by Crippen LogP contribution is 2.00. The summed E-state index contributed by atoms with van der Waals surface area (Å²) in [5.41, 5.74) is 0. The van der Waals surface area contributed by atoms with E-state index in [1.165, 1.54) is 25.7 Å². The van der Waals surface area contributed by atoms with Crippen molar-refractivity contribution in [2.24, 2.45) is 0 Å². The molecule has 11 heavy (non-hydrogen) atoms. The van der Waals surface area contributed by atoms with Gasteiger partial charge in [-0.25, -0.2) is 0 Å². The van der Waals surface area contributed by atoms with Gasteiger partial charge in [0.05, 0.1) is 0 Å². The van der Waals surface area contributed by atoms with Crippen LogP contribution in [0.1, 0.15) is 46.0 Å². The summed E-state index contributed by atoms with van der Waals surface area (Å²) >= 11 is 0. The summed E-state index contributed by atoms with van der Waals surface area (Å²) in [6.45, 7) is 4.30. The highest BCUT2D eigenvalue weighted by atomic mass is 13.9. The zero-order valence-electron chi connectivity index (χ0n) is 7.84. The van der Waals surface area contributed by atoms with E-state index in [-0.39, 0.29) is 0 Å². The number of rotatable bonds is 6. The van der Waals surface area contributed by atoms with E-state index in [0.29, 0.717) is 0 Å². The Morgan fingerprint density at radius 3 is 2.45 bits per heavy atom. The molecule has 0 atom stereocenters. The van der Waals surface area contributed by atoms with E-state index < -0.39 is 0 Å². The molecule has 0 nitrogen and oxygen atoms in total. The molecule has 0 N–H and O–H groups in total. The summed E-state index contributed by atoms with van der Waals surface area (Å²) in [6.07, 6.45) is 15.2. The fourth-order valence-corrected chi connectivity index (χ4v) is 0.941. The lowest BCUT2D eigenvalue weighted by atomic mass is 10.2. The van der Waals surface area contributed by atoms with Gasteiger partial charge < -0.3 is 0 Å². The lowest BCUT2D eigenvalue weighted by molar-refractivity contribution is 0.728. The van der Waals surface area contributed by atoms with Crippen LogP contribution in [-0.2, 0) is 0 Å². The second kappa shape index (κ2) is 9.48. The fraction of sp³-hybridized carbons (Fsp3) is 0.636. The van der Waals surface area contributed by atoms with Gasteiger partial charge in [0.2, 0.25) is 0 Å². The molecule has 0 saturated heterocycles. The molecule has 0 fully saturated rings. The molecule has 0 aromatic carbocycles. The molecular formula is C11H20. The van der Waals surface area contributed by atoms with Crippen molar-refractivity contribution in [1.29, 1.82) is 0 Å². The minimum Gasteiger partial charge on any atom is -0.0914 e. The molecular weight excluding hydrogens is 132 g/mol. The van der Waals surface area contributed by atoms with Crippen molar-refractivity contribution in [3.8, 4) is 0 Å². The SMILES string of the molecule is C/C=C\C/C=C/CCCCC. The Morgan fingerprint density at radius 2 is 1.82 bits per heavy atom. The predicted molar refractivity (Wildman–Crippen MR) is 52.7 cm³/mol. The number of hydrogen-bond donors (Lipinski definition) is 0. The maximum Gasteiger partial charge on any atom is -0.0169 e. The smallest absolute Gasteiger partial charge is 0.0169 e. The molecule has 0 aliphatic carbocycles. The maximum absolute atomic E-state index is 2.29. The third kappa shape index (κ3) is 9.48. The van der Waals surface area contributed by atoms with Gasteiger partial charge in [-0.3, -0.25) is 0 Å². The van der Waals surface area contributed by atoms with E-state index in [9.17, 15) is 0 Å². The average Bonchev–Trinajstić information content (AvgIpc) is 2.03. The van der Waals surface area contributed by atoms with E-state index in [1.807, 2.05) is 0 Å². The molecule has 0 heteroatoms. The van der Waals surface area contributed by atoms with Crippen LogP contribution >= 0.6 is 0 Å². The minimum absolute atomic E-state index is 1.10. The Bertz CT molecular complexity index is 109. The van der Waals surface area contributed by atoms with Crippen molar-refractivity contribution in [2.45, 2.75) is 46.0 Å². The maximum atomic E-state index is 2.29. The van der Waals surface area contributed by atoms with Crippen molar-refractivity contribution in [3.05, 3.63) is 24.3 Å².